The normalized spacial score (nSPS) is 15.3. The summed E-state index contributed by atoms with van der Waals surface area (Å²) in [5.74, 6) is 0. The predicted octanol–water partition coefficient (Wildman–Crippen LogP) is 3.19. The summed E-state index contributed by atoms with van der Waals surface area (Å²) in [6.45, 7) is 0. The monoisotopic (exact) mass is 412 g/mol. The number of benzene rings is 2. The Bertz CT molecular complexity index is 1010. The zero-order valence-corrected chi connectivity index (χ0v) is 16.0. The zero-order chi connectivity index (χ0) is 18.8. The summed E-state index contributed by atoms with van der Waals surface area (Å²) in [6, 6.07) is 12.3. The summed E-state index contributed by atoms with van der Waals surface area (Å²) in [6.07, 6.45) is 3.13. The summed E-state index contributed by atoms with van der Waals surface area (Å²) in [4.78, 5) is 0.101. The molecule has 0 radical (unpaired) electrons. The molecule has 0 saturated heterocycles. The van der Waals surface area contributed by atoms with Crippen LogP contribution in [-0.4, -0.2) is 22.9 Å². The molecule has 1 aliphatic rings. The van der Waals surface area contributed by atoms with E-state index in [9.17, 15) is 16.8 Å². The van der Waals surface area contributed by atoms with Crippen LogP contribution in [0.15, 0.2) is 58.8 Å². The lowest BCUT2D eigenvalue weighted by molar-refractivity contribution is 0.581. The van der Waals surface area contributed by atoms with Gasteiger partial charge >= 0.3 is 0 Å². The van der Waals surface area contributed by atoms with Crippen LogP contribution in [0.4, 0.5) is 5.69 Å². The number of anilines is 1. The topological polar surface area (TPSA) is 92.3 Å². The lowest BCUT2D eigenvalue weighted by Crippen LogP contribution is -2.25. The molecule has 2 N–H and O–H groups in total. The van der Waals surface area contributed by atoms with Gasteiger partial charge in [-0.15, -0.1) is 0 Å². The van der Waals surface area contributed by atoms with Crippen molar-refractivity contribution in [2.75, 3.05) is 4.72 Å². The molecule has 26 heavy (non-hydrogen) atoms. The average molecular weight is 413 g/mol. The van der Waals surface area contributed by atoms with Gasteiger partial charge in [0.25, 0.3) is 10.0 Å². The number of nitrogens with one attached hydrogen (secondary N) is 2. The first-order valence-corrected chi connectivity index (χ1v) is 11.2. The van der Waals surface area contributed by atoms with Gasteiger partial charge in [0.1, 0.15) is 0 Å². The van der Waals surface area contributed by atoms with Gasteiger partial charge in [0.2, 0.25) is 10.0 Å². The van der Waals surface area contributed by atoms with E-state index in [0.717, 1.165) is 18.2 Å². The van der Waals surface area contributed by atoms with E-state index in [1.165, 1.54) is 30.3 Å². The van der Waals surface area contributed by atoms with Crippen molar-refractivity contribution in [2.24, 2.45) is 0 Å². The Kier molecular flexibility index (Phi) is 5.38. The molecule has 0 bridgehead atoms. The van der Waals surface area contributed by atoms with Gasteiger partial charge in [0, 0.05) is 16.8 Å². The minimum Gasteiger partial charge on any atom is -0.280 e. The molecule has 0 heterocycles. The predicted molar refractivity (Wildman–Crippen MR) is 103 cm³/mol. The second kappa shape index (κ2) is 7.40. The minimum absolute atomic E-state index is 0.0104. The molecular weight excluding hydrogens is 396 g/mol. The highest BCUT2D eigenvalue weighted by Crippen LogP contribution is 2.23. The van der Waals surface area contributed by atoms with Gasteiger partial charge in [-0.25, -0.2) is 21.6 Å². The number of sulfonamides is 2. The van der Waals surface area contributed by atoms with Gasteiger partial charge in [-0.3, -0.25) is 4.72 Å². The number of hydrogen-bond acceptors (Lipinski definition) is 4. The molecule has 1 aliphatic carbocycles. The van der Waals surface area contributed by atoms with Crippen LogP contribution in [0.2, 0.25) is 5.02 Å². The second-order valence-electron chi connectivity index (χ2n) is 5.92. The van der Waals surface area contributed by atoms with Crippen LogP contribution >= 0.6 is 11.6 Å². The fourth-order valence-corrected chi connectivity index (χ4v) is 4.43. The van der Waals surface area contributed by atoms with E-state index in [1.54, 1.807) is 24.3 Å². The molecular formula is C17H17ClN2O4S2. The molecule has 0 aromatic heterocycles. The summed E-state index contributed by atoms with van der Waals surface area (Å²) in [5, 5.41) is 1.60. The minimum atomic E-state index is -3.73. The Morgan fingerprint density at radius 3 is 2.12 bits per heavy atom. The van der Waals surface area contributed by atoms with Crippen molar-refractivity contribution in [3.8, 4) is 0 Å². The summed E-state index contributed by atoms with van der Waals surface area (Å²) in [5.41, 5.74) is 0.962. The maximum absolute atomic E-state index is 12.1. The summed E-state index contributed by atoms with van der Waals surface area (Å²) in [7, 11) is -7.29. The van der Waals surface area contributed by atoms with Crippen molar-refractivity contribution >= 4 is 43.4 Å². The van der Waals surface area contributed by atoms with E-state index >= 15 is 0 Å². The first-order valence-electron chi connectivity index (χ1n) is 7.82. The summed E-state index contributed by atoms with van der Waals surface area (Å²) >= 11 is 5.78. The van der Waals surface area contributed by atoms with E-state index in [2.05, 4.69) is 9.44 Å². The van der Waals surface area contributed by atoms with Gasteiger partial charge in [0.15, 0.2) is 0 Å². The van der Waals surface area contributed by atoms with Gasteiger partial charge in [-0.2, -0.15) is 0 Å². The van der Waals surface area contributed by atoms with Crippen molar-refractivity contribution in [2.45, 2.75) is 23.8 Å². The van der Waals surface area contributed by atoms with Crippen molar-refractivity contribution in [1.29, 1.82) is 0 Å². The largest absolute Gasteiger partial charge is 0.280 e. The highest BCUT2D eigenvalue weighted by atomic mass is 35.5. The Balaban J connectivity index is 1.68. The fourth-order valence-electron chi connectivity index (χ4n) is 2.13. The first kappa shape index (κ1) is 18.9. The van der Waals surface area contributed by atoms with Crippen LogP contribution in [0.3, 0.4) is 0 Å². The lowest BCUT2D eigenvalue weighted by atomic mass is 10.2. The molecule has 9 heteroatoms. The van der Waals surface area contributed by atoms with Gasteiger partial charge in [-0.05, 0) is 60.9 Å². The summed E-state index contributed by atoms with van der Waals surface area (Å²) < 4.78 is 53.4. The molecule has 2 aromatic rings. The molecule has 0 amide bonds. The van der Waals surface area contributed by atoms with Crippen molar-refractivity contribution < 1.29 is 16.8 Å². The third-order valence-electron chi connectivity index (χ3n) is 3.63. The Morgan fingerprint density at radius 1 is 0.923 bits per heavy atom. The maximum Gasteiger partial charge on any atom is 0.255 e. The van der Waals surface area contributed by atoms with Gasteiger partial charge in [0.05, 0.1) is 10.3 Å². The van der Waals surface area contributed by atoms with Crippen molar-refractivity contribution in [3.63, 3.8) is 0 Å². The highest BCUT2D eigenvalue weighted by molar-refractivity contribution is 7.95. The van der Waals surface area contributed by atoms with Crippen molar-refractivity contribution in [1.82, 2.24) is 4.72 Å². The molecule has 6 nitrogen and oxygen atoms in total. The van der Waals surface area contributed by atoms with Crippen LogP contribution in [0.5, 0.6) is 0 Å². The molecule has 1 fully saturated rings. The molecule has 0 unspecified atom stereocenters. The number of hydrogen-bond donors (Lipinski definition) is 2. The lowest BCUT2D eigenvalue weighted by Gasteiger charge is -2.08. The van der Waals surface area contributed by atoms with Crippen LogP contribution < -0.4 is 9.44 Å². The van der Waals surface area contributed by atoms with Gasteiger partial charge in [-0.1, -0.05) is 23.7 Å². The SMILES string of the molecule is O=S(=O)(/C=C/c1ccc(Cl)cc1)Nc1ccc(S(=O)(=O)NC2CC2)cc1. The second-order valence-corrected chi connectivity index (χ2v) is 9.64. The third-order valence-corrected chi connectivity index (χ3v) is 6.44. The first-order chi connectivity index (χ1) is 12.2. The van der Waals surface area contributed by atoms with E-state index in [4.69, 9.17) is 11.6 Å². The van der Waals surface area contributed by atoms with Crippen LogP contribution in [0.25, 0.3) is 6.08 Å². The van der Waals surface area contributed by atoms with E-state index in [1.807, 2.05) is 0 Å². The standard InChI is InChI=1S/C17H17ClN2O4S2/c18-14-3-1-13(2-4-14)11-12-25(21,22)19-15-7-9-17(10-8-15)26(23,24)20-16-5-6-16/h1-4,7-12,16,19-20H,5-6H2/b12-11+. The van der Waals surface area contributed by atoms with E-state index in [-0.39, 0.29) is 16.6 Å². The molecule has 0 spiro atoms. The molecule has 0 aliphatic heterocycles. The van der Waals surface area contributed by atoms with Crippen LogP contribution in [0, 0.1) is 0 Å². The third kappa shape index (κ3) is 5.31. The molecule has 3 rings (SSSR count). The number of rotatable bonds is 7. The molecule has 0 atom stereocenters. The van der Waals surface area contributed by atoms with Crippen LogP contribution in [-0.2, 0) is 20.0 Å². The smallest absolute Gasteiger partial charge is 0.255 e. The maximum atomic E-state index is 12.1. The zero-order valence-electron chi connectivity index (χ0n) is 13.6. The highest BCUT2D eigenvalue weighted by Gasteiger charge is 2.27. The molecule has 138 valence electrons. The Morgan fingerprint density at radius 2 is 1.54 bits per heavy atom. The van der Waals surface area contributed by atoms with Gasteiger partial charge < -0.3 is 0 Å². The van der Waals surface area contributed by atoms with Crippen LogP contribution in [0.1, 0.15) is 18.4 Å². The van der Waals surface area contributed by atoms with Crippen molar-refractivity contribution in [3.05, 3.63) is 64.5 Å². The fraction of sp³-hybridized carbons (Fsp3) is 0.176. The Hall–Kier alpha value is -1.87. The molecule has 1 saturated carbocycles. The van der Waals surface area contributed by atoms with E-state index in [0.29, 0.717) is 10.6 Å². The quantitative estimate of drug-likeness (QED) is 0.730. The number of halogens is 1. The van der Waals surface area contributed by atoms with E-state index < -0.39 is 20.0 Å². The molecule has 2 aromatic carbocycles. The Labute approximate surface area is 158 Å². The average Bonchev–Trinajstić information content (AvgIpc) is 3.38.